The number of anilines is 2. The van der Waals surface area contributed by atoms with Crippen molar-refractivity contribution in [2.24, 2.45) is 0 Å². The molecule has 1 aromatic heterocycles. The van der Waals surface area contributed by atoms with E-state index in [0.717, 1.165) is 6.07 Å². The zero-order chi connectivity index (χ0) is 14.7. The summed E-state index contributed by atoms with van der Waals surface area (Å²) in [6, 6.07) is 3.48. The van der Waals surface area contributed by atoms with Gasteiger partial charge in [-0.1, -0.05) is 17.8 Å². The summed E-state index contributed by atoms with van der Waals surface area (Å²) in [6.07, 6.45) is 0. The molecule has 2 rings (SSSR count). The first kappa shape index (κ1) is 14.4. The number of aromatic nitrogens is 3. The minimum absolute atomic E-state index is 0.0821. The Balaban J connectivity index is 2.22. The van der Waals surface area contributed by atoms with Gasteiger partial charge in [-0.2, -0.15) is 15.0 Å². The smallest absolute Gasteiger partial charge is 0.228 e. The first-order valence-corrected chi connectivity index (χ1v) is 6.68. The molecule has 0 bridgehead atoms. The summed E-state index contributed by atoms with van der Waals surface area (Å²) in [6.45, 7) is 1.78. The molecule has 1 unspecified atom stereocenters. The van der Waals surface area contributed by atoms with Crippen LogP contribution < -0.4 is 11.1 Å². The molecular formula is C12H13F2N5S. The Morgan fingerprint density at radius 3 is 2.65 bits per heavy atom. The van der Waals surface area contributed by atoms with Crippen LogP contribution in [0.2, 0.25) is 0 Å². The van der Waals surface area contributed by atoms with Crippen molar-refractivity contribution >= 4 is 23.7 Å². The predicted octanol–water partition coefficient (Wildman–Crippen LogP) is 2.63. The number of nitrogens with one attached hydrogen (secondary N) is 1. The lowest BCUT2D eigenvalue weighted by Gasteiger charge is -2.12. The summed E-state index contributed by atoms with van der Waals surface area (Å²) in [5.74, 6) is -0.781. The number of rotatable bonds is 4. The van der Waals surface area contributed by atoms with Gasteiger partial charge in [-0.15, -0.1) is 0 Å². The number of hydrogen-bond donors (Lipinski definition) is 2. The fraction of sp³-hybridized carbons (Fsp3) is 0.250. The maximum Gasteiger partial charge on any atom is 0.228 e. The molecule has 0 radical (unpaired) electrons. The molecule has 1 atom stereocenters. The second-order valence-corrected chi connectivity index (χ2v) is 5.28. The van der Waals surface area contributed by atoms with Gasteiger partial charge in [0.15, 0.2) is 5.16 Å². The number of nitrogen functional groups attached to an aromatic ring is 1. The van der Waals surface area contributed by atoms with Gasteiger partial charge in [0.1, 0.15) is 11.6 Å². The van der Waals surface area contributed by atoms with Gasteiger partial charge in [0.05, 0.1) is 0 Å². The molecule has 0 amide bonds. The Bertz CT molecular complexity index is 623. The molecule has 0 aliphatic rings. The fourth-order valence-electron chi connectivity index (χ4n) is 1.59. The molecule has 2 aromatic rings. The topological polar surface area (TPSA) is 76.7 Å². The van der Waals surface area contributed by atoms with Crippen molar-refractivity contribution in [2.75, 3.05) is 18.1 Å². The molecule has 0 fully saturated rings. The molecule has 3 N–H and O–H groups in total. The number of halogens is 2. The lowest BCUT2D eigenvalue weighted by molar-refractivity contribution is 0.572. The van der Waals surface area contributed by atoms with Crippen LogP contribution in [-0.2, 0) is 0 Å². The molecule has 0 aliphatic heterocycles. The Morgan fingerprint density at radius 2 is 2.00 bits per heavy atom. The van der Waals surface area contributed by atoms with Gasteiger partial charge in [0.2, 0.25) is 11.9 Å². The standard InChI is InChI=1S/C12H13F2N5S/c1-6(8-4-3-7(13)5-9(8)14)20-12-18-10(15)17-11(16-2)19-12/h3-6H,1-2H3,(H3,15,16,17,18,19). The van der Waals surface area contributed by atoms with E-state index >= 15 is 0 Å². The monoisotopic (exact) mass is 297 g/mol. The summed E-state index contributed by atoms with van der Waals surface area (Å²) >= 11 is 1.22. The normalized spacial score (nSPS) is 12.2. The maximum atomic E-state index is 13.7. The van der Waals surface area contributed by atoms with Crippen molar-refractivity contribution < 1.29 is 8.78 Å². The molecular weight excluding hydrogens is 284 g/mol. The molecule has 0 saturated heterocycles. The van der Waals surface area contributed by atoms with Crippen LogP contribution in [0.4, 0.5) is 20.7 Å². The van der Waals surface area contributed by atoms with Gasteiger partial charge < -0.3 is 11.1 Å². The van der Waals surface area contributed by atoms with Crippen LogP contribution in [0.15, 0.2) is 23.4 Å². The van der Waals surface area contributed by atoms with Crippen LogP contribution in [-0.4, -0.2) is 22.0 Å². The Kier molecular flexibility index (Phi) is 4.33. The van der Waals surface area contributed by atoms with E-state index < -0.39 is 11.6 Å². The van der Waals surface area contributed by atoms with E-state index in [2.05, 4.69) is 20.3 Å². The highest BCUT2D eigenvalue weighted by molar-refractivity contribution is 7.99. The average Bonchev–Trinajstić information content (AvgIpc) is 2.37. The Labute approximate surface area is 119 Å². The van der Waals surface area contributed by atoms with Crippen molar-refractivity contribution in [1.29, 1.82) is 0 Å². The summed E-state index contributed by atoms with van der Waals surface area (Å²) in [5.41, 5.74) is 5.94. The molecule has 0 spiro atoms. The molecule has 8 heteroatoms. The van der Waals surface area contributed by atoms with E-state index in [9.17, 15) is 8.78 Å². The van der Waals surface area contributed by atoms with Crippen LogP contribution >= 0.6 is 11.8 Å². The highest BCUT2D eigenvalue weighted by Gasteiger charge is 2.15. The second kappa shape index (κ2) is 6.00. The van der Waals surface area contributed by atoms with Crippen LogP contribution in [0.1, 0.15) is 17.7 Å². The Morgan fingerprint density at radius 1 is 1.25 bits per heavy atom. The number of thioether (sulfide) groups is 1. The first-order chi connectivity index (χ1) is 9.49. The third-order valence-electron chi connectivity index (χ3n) is 2.54. The quantitative estimate of drug-likeness (QED) is 0.845. The summed E-state index contributed by atoms with van der Waals surface area (Å²) in [7, 11) is 1.66. The van der Waals surface area contributed by atoms with E-state index in [0.29, 0.717) is 16.7 Å². The lowest BCUT2D eigenvalue weighted by Crippen LogP contribution is -2.05. The lowest BCUT2D eigenvalue weighted by atomic mass is 10.1. The highest BCUT2D eigenvalue weighted by atomic mass is 32.2. The van der Waals surface area contributed by atoms with E-state index in [4.69, 9.17) is 5.73 Å². The zero-order valence-corrected chi connectivity index (χ0v) is 11.7. The Hall–Kier alpha value is -1.96. The average molecular weight is 297 g/mol. The molecule has 106 valence electrons. The highest BCUT2D eigenvalue weighted by Crippen LogP contribution is 2.34. The number of nitrogens with two attached hydrogens (primary N) is 1. The third kappa shape index (κ3) is 3.32. The molecule has 1 heterocycles. The maximum absolute atomic E-state index is 13.7. The molecule has 20 heavy (non-hydrogen) atoms. The van der Waals surface area contributed by atoms with Crippen molar-refractivity contribution in [3.05, 3.63) is 35.4 Å². The van der Waals surface area contributed by atoms with E-state index in [1.807, 2.05) is 0 Å². The summed E-state index contributed by atoms with van der Waals surface area (Å²) < 4.78 is 26.6. The van der Waals surface area contributed by atoms with Gasteiger partial charge in [0.25, 0.3) is 0 Å². The summed E-state index contributed by atoms with van der Waals surface area (Å²) in [4.78, 5) is 12.0. The van der Waals surface area contributed by atoms with Crippen molar-refractivity contribution in [3.8, 4) is 0 Å². The first-order valence-electron chi connectivity index (χ1n) is 5.80. The van der Waals surface area contributed by atoms with Gasteiger partial charge in [-0.25, -0.2) is 8.78 Å². The molecule has 0 saturated carbocycles. The minimum Gasteiger partial charge on any atom is -0.368 e. The van der Waals surface area contributed by atoms with Crippen molar-refractivity contribution in [2.45, 2.75) is 17.3 Å². The van der Waals surface area contributed by atoms with Gasteiger partial charge >= 0.3 is 0 Å². The molecule has 5 nitrogen and oxygen atoms in total. The number of hydrogen-bond acceptors (Lipinski definition) is 6. The SMILES string of the molecule is CNc1nc(N)nc(SC(C)c2ccc(F)cc2F)n1. The molecule has 1 aromatic carbocycles. The second-order valence-electron chi connectivity index (χ2n) is 3.98. The predicted molar refractivity (Wildman–Crippen MR) is 74.4 cm³/mol. The summed E-state index contributed by atoms with van der Waals surface area (Å²) in [5, 5.41) is 2.84. The molecule has 0 aliphatic carbocycles. The van der Waals surface area contributed by atoms with Crippen LogP contribution in [0.5, 0.6) is 0 Å². The number of nitrogens with zero attached hydrogens (tertiary/aromatic N) is 3. The van der Waals surface area contributed by atoms with Crippen molar-refractivity contribution in [3.63, 3.8) is 0 Å². The van der Waals surface area contributed by atoms with Crippen LogP contribution in [0.25, 0.3) is 0 Å². The van der Waals surface area contributed by atoms with Crippen molar-refractivity contribution in [1.82, 2.24) is 15.0 Å². The van der Waals surface area contributed by atoms with Crippen LogP contribution in [0, 0.1) is 11.6 Å². The number of benzene rings is 1. The van der Waals surface area contributed by atoms with Gasteiger partial charge in [-0.3, -0.25) is 0 Å². The third-order valence-corrected chi connectivity index (χ3v) is 3.54. The minimum atomic E-state index is -0.606. The van der Waals surface area contributed by atoms with Gasteiger partial charge in [-0.05, 0) is 13.0 Å². The van der Waals surface area contributed by atoms with Gasteiger partial charge in [0, 0.05) is 23.9 Å². The van der Waals surface area contributed by atoms with E-state index in [1.165, 1.54) is 23.9 Å². The fourth-order valence-corrected chi connectivity index (χ4v) is 2.51. The van der Waals surface area contributed by atoms with E-state index in [-0.39, 0.29) is 11.2 Å². The zero-order valence-electron chi connectivity index (χ0n) is 10.9. The van der Waals surface area contributed by atoms with E-state index in [1.54, 1.807) is 14.0 Å². The largest absolute Gasteiger partial charge is 0.368 e. The van der Waals surface area contributed by atoms with Crippen LogP contribution in [0.3, 0.4) is 0 Å².